The van der Waals surface area contributed by atoms with Crippen molar-refractivity contribution in [2.24, 2.45) is 0 Å². The number of thiazole rings is 1. The fourth-order valence-electron chi connectivity index (χ4n) is 1.92. The van der Waals surface area contributed by atoms with Gasteiger partial charge in [0.15, 0.2) is 10.1 Å². The van der Waals surface area contributed by atoms with Gasteiger partial charge in [-0.05, 0) is 30.3 Å². The minimum atomic E-state index is -0.611. The molecule has 0 radical (unpaired) electrons. The van der Waals surface area contributed by atoms with Gasteiger partial charge in [0.05, 0.1) is 5.69 Å². The van der Waals surface area contributed by atoms with E-state index in [2.05, 4.69) is 10.3 Å². The predicted molar refractivity (Wildman–Crippen MR) is 86.7 cm³/mol. The van der Waals surface area contributed by atoms with Crippen molar-refractivity contribution in [2.45, 2.75) is 0 Å². The molecule has 2 heterocycles. The summed E-state index contributed by atoms with van der Waals surface area (Å²) in [4.78, 5) is 17.0. The molecular formula is C15H8ClFN4OS. The van der Waals surface area contributed by atoms with Gasteiger partial charge >= 0.3 is 0 Å². The van der Waals surface area contributed by atoms with Gasteiger partial charge in [0.2, 0.25) is 0 Å². The number of halogens is 2. The van der Waals surface area contributed by atoms with E-state index in [4.69, 9.17) is 11.6 Å². The minimum Gasteiger partial charge on any atom is -0.321 e. The second kappa shape index (κ2) is 6.20. The van der Waals surface area contributed by atoms with E-state index in [9.17, 15) is 14.4 Å². The molecule has 2 aromatic heterocycles. The van der Waals surface area contributed by atoms with Crippen molar-refractivity contribution in [1.82, 2.24) is 9.38 Å². The second-order valence-electron chi connectivity index (χ2n) is 4.47. The van der Waals surface area contributed by atoms with E-state index >= 15 is 0 Å². The highest BCUT2D eigenvalue weighted by atomic mass is 35.5. The smallest absolute Gasteiger partial charge is 0.266 e. The van der Waals surface area contributed by atoms with Gasteiger partial charge < -0.3 is 5.32 Å². The molecule has 0 aliphatic carbocycles. The Labute approximate surface area is 139 Å². The predicted octanol–water partition coefficient (Wildman–Crippen LogP) is 3.73. The highest BCUT2D eigenvalue weighted by Crippen LogP contribution is 2.23. The summed E-state index contributed by atoms with van der Waals surface area (Å²) in [7, 11) is 0. The number of nitrogens with zero attached hydrogens (tertiary/aromatic N) is 3. The molecule has 3 aromatic rings. The molecule has 0 spiro atoms. The topological polar surface area (TPSA) is 70.2 Å². The molecule has 0 fully saturated rings. The maximum Gasteiger partial charge on any atom is 0.266 e. The van der Waals surface area contributed by atoms with E-state index in [1.807, 2.05) is 11.4 Å². The number of anilines is 1. The number of carbonyl (C=O) groups excluding carboxylic acids is 1. The summed E-state index contributed by atoms with van der Waals surface area (Å²) in [6.45, 7) is 0. The average molecular weight is 347 g/mol. The van der Waals surface area contributed by atoms with Gasteiger partial charge in [-0.2, -0.15) is 5.26 Å². The van der Waals surface area contributed by atoms with Gasteiger partial charge in [-0.3, -0.25) is 9.20 Å². The van der Waals surface area contributed by atoms with Crippen molar-refractivity contribution >= 4 is 45.6 Å². The van der Waals surface area contributed by atoms with Crippen LogP contribution in [0.2, 0.25) is 5.15 Å². The van der Waals surface area contributed by atoms with Crippen LogP contribution >= 0.6 is 22.9 Å². The Bertz CT molecular complexity index is 952. The van der Waals surface area contributed by atoms with Crippen LogP contribution in [0.5, 0.6) is 0 Å². The number of rotatable bonds is 3. The monoisotopic (exact) mass is 346 g/mol. The molecule has 1 aromatic carbocycles. The van der Waals surface area contributed by atoms with Crippen LogP contribution in [0.3, 0.4) is 0 Å². The molecule has 5 nitrogen and oxygen atoms in total. The molecular weight excluding hydrogens is 339 g/mol. The zero-order chi connectivity index (χ0) is 16.4. The molecule has 0 atom stereocenters. The van der Waals surface area contributed by atoms with Crippen molar-refractivity contribution in [3.8, 4) is 6.07 Å². The van der Waals surface area contributed by atoms with Gasteiger partial charge in [-0.1, -0.05) is 11.6 Å². The summed E-state index contributed by atoms with van der Waals surface area (Å²) < 4.78 is 14.6. The molecule has 0 aliphatic rings. The van der Waals surface area contributed by atoms with Crippen molar-refractivity contribution in [2.75, 3.05) is 5.32 Å². The summed E-state index contributed by atoms with van der Waals surface area (Å²) in [5.41, 5.74) is 0.704. The van der Waals surface area contributed by atoms with Gasteiger partial charge in [0.1, 0.15) is 17.5 Å². The van der Waals surface area contributed by atoms with Crippen molar-refractivity contribution in [3.05, 3.63) is 58.1 Å². The minimum absolute atomic E-state index is 0.135. The second-order valence-corrected chi connectivity index (χ2v) is 5.71. The lowest BCUT2D eigenvalue weighted by Crippen LogP contribution is -2.13. The molecule has 1 amide bonds. The van der Waals surface area contributed by atoms with Crippen LogP contribution in [0, 0.1) is 17.1 Å². The molecule has 114 valence electrons. The van der Waals surface area contributed by atoms with Crippen LogP contribution in [0.15, 0.2) is 41.4 Å². The van der Waals surface area contributed by atoms with Crippen LogP contribution in [0.4, 0.5) is 10.1 Å². The maximum atomic E-state index is 12.9. The molecule has 23 heavy (non-hydrogen) atoms. The summed E-state index contributed by atoms with van der Waals surface area (Å²) in [5, 5.41) is 13.8. The average Bonchev–Trinajstić information content (AvgIpc) is 3.08. The number of aromatic nitrogens is 2. The van der Waals surface area contributed by atoms with E-state index in [1.54, 1.807) is 10.6 Å². The third-order valence-electron chi connectivity index (χ3n) is 3.00. The van der Waals surface area contributed by atoms with Crippen LogP contribution < -0.4 is 5.32 Å². The number of hydrogen-bond donors (Lipinski definition) is 1. The Morgan fingerprint density at radius 1 is 1.43 bits per heavy atom. The number of carbonyl (C=O) groups is 1. The van der Waals surface area contributed by atoms with Gasteiger partial charge in [0, 0.05) is 17.3 Å². The number of hydrogen-bond acceptors (Lipinski definition) is 4. The summed E-state index contributed by atoms with van der Waals surface area (Å²) in [6.07, 6.45) is 3.12. The lowest BCUT2D eigenvalue weighted by atomic mass is 10.2. The first-order valence-electron chi connectivity index (χ1n) is 6.38. The molecule has 1 N–H and O–H groups in total. The molecule has 3 rings (SSSR count). The van der Waals surface area contributed by atoms with Crippen LogP contribution in [-0.2, 0) is 4.79 Å². The van der Waals surface area contributed by atoms with Gasteiger partial charge in [0.25, 0.3) is 5.91 Å². The van der Waals surface area contributed by atoms with Gasteiger partial charge in [-0.25, -0.2) is 9.37 Å². The van der Waals surface area contributed by atoms with Crippen molar-refractivity contribution < 1.29 is 9.18 Å². The summed E-state index contributed by atoms with van der Waals surface area (Å²) >= 11 is 7.43. The number of amides is 1. The SMILES string of the molecule is N#C/C(=C\c1c(Cl)nc2sccn12)C(=O)Nc1ccc(F)cc1. The summed E-state index contributed by atoms with van der Waals surface area (Å²) in [6, 6.07) is 7.08. The molecule has 0 unspecified atom stereocenters. The third kappa shape index (κ3) is 3.08. The maximum absolute atomic E-state index is 12.9. The van der Waals surface area contributed by atoms with Gasteiger partial charge in [-0.15, -0.1) is 11.3 Å². The van der Waals surface area contributed by atoms with Crippen LogP contribution in [0.25, 0.3) is 11.0 Å². The highest BCUT2D eigenvalue weighted by molar-refractivity contribution is 7.15. The molecule has 0 saturated heterocycles. The third-order valence-corrected chi connectivity index (χ3v) is 4.04. The molecule has 0 aliphatic heterocycles. The quantitative estimate of drug-likeness (QED) is 0.580. The lowest BCUT2D eigenvalue weighted by molar-refractivity contribution is -0.112. The van der Waals surface area contributed by atoms with E-state index in [0.29, 0.717) is 16.3 Å². The van der Waals surface area contributed by atoms with E-state index in [-0.39, 0.29) is 10.7 Å². The largest absolute Gasteiger partial charge is 0.321 e. The highest BCUT2D eigenvalue weighted by Gasteiger charge is 2.14. The van der Waals surface area contributed by atoms with E-state index < -0.39 is 11.7 Å². The van der Waals surface area contributed by atoms with Crippen LogP contribution in [0.1, 0.15) is 5.69 Å². The number of imidazole rings is 1. The number of nitriles is 1. The first kappa shape index (κ1) is 15.2. The van der Waals surface area contributed by atoms with E-state index in [0.717, 1.165) is 0 Å². The first-order valence-corrected chi connectivity index (χ1v) is 7.64. The molecule has 8 heteroatoms. The fraction of sp³-hybridized carbons (Fsp3) is 0. The normalized spacial score (nSPS) is 11.4. The zero-order valence-electron chi connectivity index (χ0n) is 11.5. The summed E-state index contributed by atoms with van der Waals surface area (Å²) in [5.74, 6) is -1.02. The lowest BCUT2D eigenvalue weighted by Gasteiger charge is -2.04. The molecule has 0 bridgehead atoms. The number of nitrogens with one attached hydrogen (secondary N) is 1. The number of benzene rings is 1. The Kier molecular flexibility index (Phi) is 4.10. The Morgan fingerprint density at radius 2 is 2.17 bits per heavy atom. The van der Waals surface area contributed by atoms with Crippen molar-refractivity contribution in [3.63, 3.8) is 0 Å². The fourth-order valence-corrected chi connectivity index (χ4v) is 2.92. The van der Waals surface area contributed by atoms with Crippen LogP contribution in [-0.4, -0.2) is 15.3 Å². The first-order chi connectivity index (χ1) is 11.1. The van der Waals surface area contributed by atoms with Crippen molar-refractivity contribution in [1.29, 1.82) is 5.26 Å². The Hall–Kier alpha value is -2.69. The number of fused-ring (bicyclic) bond motifs is 1. The Morgan fingerprint density at radius 3 is 2.87 bits per heavy atom. The Balaban J connectivity index is 1.91. The van der Waals surface area contributed by atoms with E-state index in [1.165, 1.54) is 41.7 Å². The zero-order valence-corrected chi connectivity index (χ0v) is 13.0. The molecule has 0 saturated carbocycles. The standard InChI is InChI=1S/C15H8ClFN4OS/c16-13-12(21-5-6-23-15(21)20-13)7-9(8-18)14(22)19-11-3-1-10(17)2-4-11/h1-7H,(H,19,22)/b9-7+.